The Morgan fingerprint density at radius 3 is 2.49 bits per heavy atom. The van der Waals surface area contributed by atoms with Crippen molar-refractivity contribution in [2.75, 3.05) is 26.1 Å². The number of amides is 1. The van der Waals surface area contributed by atoms with Gasteiger partial charge in [0, 0.05) is 28.7 Å². The molecule has 1 N–H and O–H groups in total. The summed E-state index contributed by atoms with van der Waals surface area (Å²) in [6, 6.07) is 18.9. The molecule has 0 saturated heterocycles. The molecule has 188 valence electrons. The van der Waals surface area contributed by atoms with Crippen LogP contribution in [0.2, 0.25) is 0 Å². The van der Waals surface area contributed by atoms with Crippen LogP contribution in [0.25, 0.3) is 33.1 Å². The lowest BCUT2D eigenvalue weighted by Gasteiger charge is -2.12. The summed E-state index contributed by atoms with van der Waals surface area (Å²) < 4.78 is 26.2. The molecular formula is C27H24N4O5S. The van der Waals surface area contributed by atoms with E-state index in [-0.39, 0.29) is 6.61 Å². The largest absolute Gasteiger partial charge is 0.497 e. The molecule has 0 spiro atoms. The van der Waals surface area contributed by atoms with E-state index in [1.165, 1.54) is 7.11 Å². The molecule has 0 aliphatic heterocycles. The number of fused-ring (bicyclic) bond motifs is 2. The Morgan fingerprint density at radius 1 is 0.973 bits per heavy atom. The van der Waals surface area contributed by atoms with E-state index in [4.69, 9.17) is 14.2 Å². The predicted octanol–water partition coefficient (Wildman–Crippen LogP) is 5.72. The molecule has 0 aliphatic rings. The smallest absolute Gasteiger partial charge is 0.411 e. The van der Waals surface area contributed by atoms with Gasteiger partial charge in [0.25, 0.3) is 0 Å². The van der Waals surface area contributed by atoms with E-state index in [1.807, 2.05) is 59.2 Å². The summed E-state index contributed by atoms with van der Waals surface area (Å²) in [6.07, 6.45) is -0.584. The first kappa shape index (κ1) is 24.3. The molecule has 0 bridgehead atoms. The number of carbonyl (C=O) groups excluding carboxylic acids is 2. The second kappa shape index (κ2) is 10.3. The van der Waals surface area contributed by atoms with Crippen LogP contribution >= 0.6 is 11.7 Å². The molecular weight excluding hydrogens is 492 g/mol. The van der Waals surface area contributed by atoms with Gasteiger partial charge in [-0.05, 0) is 60.5 Å². The number of benzene rings is 3. The second-order valence-corrected chi connectivity index (χ2v) is 8.72. The summed E-state index contributed by atoms with van der Waals surface area (Å²) in [7, 11) is 2.93. The number of rotatable bonds is 7. The van der Waals surface area contributed by atoms with E-state index in [0.29, 0.717) is 23.5 Å². The van der Waals surface area contributed by atoms with E-state index in [2.05, 4.69) is 14.1 Å². The Balaban J connectivity index is 1.77. The maximum Gasteiger partial charge on any atom is 0.411 e. The standard InChI is InChI=1S/C27H24N4O5S/c1-4-36-26(32)25-24(17-7-11-21-22(13-17)30-37-29-21)20-14-18(28-27(33)35-3)8-12-23(20)31(25)15-16-5-9-19(34-2)10-6-16/h5-14H,4,15H2,1-3H3,(H,28,33). The number of methoxy groups -OCH3 is 2. The lowest BCUT2D eigenvalue weighted by molar-refractivity contribution is 0.0516. The zero-order chi connectivity index (χ0) is 25.9. The number of anilines is 1. The van der Waals surface area contributed by atoms with Gasteiger partial charge in [0.15, 0.2) is 0 Å². The predicted molar refractivity (Wildman–Crippen MR) is 142 cm³/mol. The second-order valence-electron chi connectivity index (χ2n) is 8.19. The molecule has 9 nitrogen and oxygen atoms in total. The molecule has 10 heteroatoms. The summed E-state index contributed by atoms with van der Waals surface area (Å²) in [4.78, 5) is 25.4. The molecule has 2 heterocycles. The van der Waals surface area contributed by atoms with Crippen LogP contribution in [-0.4, -0.2) is 46.2 Å². The van der Waals surface area contributed by atoms with E-state index < -0.39 is 12.1 Å². The Labute approximate surface area is 216 Å². The van der Waals surface area contributed by atoms with Crippen molar-refractivity contribution < 1.29 is 23.8 Å². The number of carbonyl (C=O) groups is 2. The monoisotopic (exact) mass is 516 g/mol. The topological polar surface area (TPSA) is 105 Å². The number of aromatic nitrogens is 3. The lowest BCUT2D eigenvalue weighted by Crippen LogP contribution is -2.14. The number of hydrogen-bond donors (Lipinski definition) is 1. The van der Waals surface area contributed by atoms with Crippen LogP contribution in [0.15, 0.2) is 60.7 Å². The minimum absolute atomic E-state index is 0.229. The van der Waals surface area contributed by atoms with Crippen molar-refractivity contribution in [1.82, 2.24) is 13.3 Å². The highest BCUT2D eigenvalue weighted by Crippen LogP contribution is 2.38. The van der Waals surface area contributed by atoms with Crippen LogP contribution in [0.1, 0.15) is 23.0 Å². The van der Waals surface area contributed by atoms with Crippen molar-refractivity contribution in [3.63, 3.8) is 0 Å². The summed E-state index contributed by atoms with van der Waals surface area (Å²) in [5.41, 5.74) is 5.71. The maximum absolute atomic E-state index is 13.5. The van der Waals surface area contributed by atoms with Gasteiger partial charge in [-0.15, -0.1) is 0 Å². The van der Waals surface area contributed by atoms with Crippen molar-refractivity contribution in [3.8, 4) is 16.9 Å². The van der Waals surface area contributed by atoms with Gasteiger partial charge in [0.2, 0.25) is 0 Å². The maximum atomic E-state index is 13.5. The third kappa shape index (κ3) is 4.70. The van der Waals surface area contributed by atoms with Gasteiger partial charge in [-0.3, -0.25) is 5.32 Å². The summed E-state index contributed by atoms with van der Waals surface area (Å²) in [5.74, 6) is 0.303. The van der Waals surface area contributed by atoms with E-state index in [0.717, 1.165) is 50.5 Å². The molecule has 3 aromatic carbocycles. The molecule has 5 rings (SSSR count). The van der Waals surface area contributed by atoms with Gasteiger partial charge in [0.05, 0.1) is 32.6 Å². The van der Waals surface area contributed by atoms with Gasteiger partial charge in [0.1, 0.15) is 22.5 Å². The Morgan fingerprint density at radius 2 is 1.76 bits per heavy atom. The molecule has 0 atom stereocenters. The van der Waals surface area contributed by atoms with Crippen molar-refractivity contribution in [3.05, 3.63) is 71.9 Å². The molecule has 37 heavy (non-hydrogen) atoms. The molecule has 0 radical (unpaired) electrons. The zero-order valence-corrected chi connectivity index (χ0v) is 21.3. The minimum atomic E-state index is -0.584. The highest BCUT2D eigenvalue weighted by molar-refractivity contribution is 7.00. The third-order valence-electron chi connectivity index (χ3n) is 6.01. The first-order valence-corrected chi connectivity index (χ1v) is 12.3. The number of ether oxygens (including phenoxy) is 3. The van der Waals surface area contributed by atoms with E-state index >= 15 is 0 Å². The lowest BCUT2D eigenvalue weighted by atomic mass is 10.0. The zero-order valence-electron chi connectivity index (χ0n) is 20.5. The quantitative estimate of drug-likeness (QED) is 0.276. The fraction of sp³-hybridized carbons (Fsp3) is 0.185. The van der Waals surface area contributed by atoms with Crippen LogP contribution < -0.4 is 10.1 Å². The molecule has 0 unspecified atom stereocenters. The SMILES string of the molecule is CCOC(=O)c1c(-c2ccc3nsnc3c2)c2cc(NC(=O)OC)ccc2n1Cc1ccc(OC)cc1. The molecule has 5 aromatic rings. The summed E-state index contributed by atoms with van der Waals surface area (Å²) in [5, 5.41) is 3.48. The Bertz CT molecular complexity index is 1610. The van der Waals surface area contributed by atoms with Gasteiger partial charge in [-0.2, -0.15) is 8.75 Å². The molecule has 0 aliphatic carbocycles. The summed E-state index contributed by atoms with van der Waals surface area (Å²) >= 11 is 1.13. The van der Waals surface area contributed by atoms with Gasteiger partial charge >= 0.3 is 12.1 Å². The van der Waals surface area contributed by atoms with Crippen LogP contribution in [0, 0.1) is 0 Å². The van der Waals surface area contributed by atoms with Crippen LogP contribution in [-0.2, 0) is 16.0 Å². The molecule has 0 saturated carbocycles. The highest BCUT2D eigenvalue weighted by Gasteiger charge is 2.26. The number of hydrogen-bond acceptors (Lipinski definition) is 8. The normalized spacial score (nSPS) is 11.0. The van der Waals surface area contributed by atoms with Crippen molar-refractivity contribution in [1.29, 1.82) is 0 Å². The Kier molecular flexibility index (Phi) is 6.74. The van der Waals surface area contributed by atoms with Crippen molar-refractivity contribution in [2.24, 2.45) is 0 Å². The van der Waals surface area contributed by atoms with Gasteiger partial charge < -0.3 is 18.8 Å². The fourth-order valence-electron chi connectivity index (χ4n) is 4.32. The average Bonchev–Trinajstić information content (AvgIpc) is 3.51. The molecule has 1 amide bonds. The number of esters is 1. The van der Waals surface area contributed by atoms with Crippen LogP contribution in [0.4, 0.5) is 10.5 Å². The highest BCUT2D eigenvalue weighted by atomic mass is 32.1. The fourth-order valence-corrected chi connectivity index (χ4v) is 4.84. The third-order valence-corrected chi connectivity index (χ3v) is 6.56. The number of nitrogens with one attached hydrogen (secondary N) is 1. The van der Waals surface area contributed by atoms with E-state index in [9.17, 15) is 9.59 Å². The van der Waals surface area contributed by atoms with Crippen molar-refractivity contribution in [2.45, 2.75) is 13.5 Å². The first-order chi connectivity index (χ1) is 18.0. The first-order valence-electron chi connectivity index (χ1n) is 11.6. The van der Waals surface area contributed by atoms with E-state index in [1.54, 1.807) is 20.1 Å². The van der Waals surface area contributed by atoms with Crippen LogP contribution in [0.3, 0.4) is 0 Å². The van der Waals surface area contributed by atoms with Crippen LogP contribution in [0.5, 0.6) is 5.75 Å². The van der Waals surface area contributed by atoms with Gasteiger partial charge in [-0.25, -0.2) is 9.59 Å². The Hall–Kier alpha value is -4.44. The minimum Gasteiger partial charge on any atom is -0.497 e. The average molecular weight is 517 g/mol. The van der Waals surface area contributed by atoms with Gasteiger partial charge in [-0.1, -0.05) is 18.2 Å². The molecule has 2 aromatic heterocycles. The molecule has 0 fully saturated rings. The number of nitrogens with zero attached hydrogens (tertiary/aromatic N) is 3. The summed E-state index contributed by atoms with van der Waals surface area (Å²) in [6.45, 7) is 2.42. The van der Waals surface area contributed by atoms with Crippen molar-refractivity contribution >= 4 is 51.4 Å².